The van der Waals surface area contributed by atoms with E-state index in [1.807, 2.05) is 18.2 Å². The lowest BCUT2D eigenvalue weighted by molar-refractivity contribution is 0.163. The van der Waals surface area contributed by atoms with E-state index in [0.717, 1.165) is 19.5 Å². The van der Waals surface area contributed by atoms with Gasteiger partial charge in [0.05, 0.1) is 6.07 Å². The Labute approximate surface area is 103 Å². The zero-order valence-electron chi connectivity index (χ0n) is 10.3. The molecule has 0 aliphatic carbocycles. The number of hydrogen-bond donors (Lipinski definition) is 1. The van der Waals surface area contributed by atoms with Crippen molar-refractivity contribution in [3.8, 4) is 6.07 Å². The van der Waals surface area contributed by atoms with Gasteiger partial charge in [-0.1, -0.05) is 30.3 Å². The Morgan fingerprint density at radius 2 is 2.06 bits per heavy atom. The molecule has 92 valence electrons. The number of nitrogens with zero attached hydrogens (tertiary/aromatic N) is 2. The third-order valence-electron chi connectivity index (χ3n) is 2.91. The largest absolute Gasteiger partial charge is 0.396 e. The average Bonchev–Trinajstić information content (AvgIpc) is 2.36. The summed E-state index contributed by atoms with van der Waals surface area (Å²) < 4.78 is 0. The molecular weight excluding hydrogens is 212 g/mol. The first kappa shape index (κ1) is 13.7. The van der Waals surface area contributed by atoms with Gasteiger partial charge in [0.15, 0.2) is 0 Å². The van der Waals surface area contributed by atoms with Crippen LogP contribution in [0.15, 0.2) is 30.3 Å². The molecular formula is C14H20N2O. The minimum Gasteiger partial charge on any atom is -0.396 e. The van der Waals surface area contributed by atoms with E-state index >= 15 is 0 Å². The van der Waals surface area contributed by atoms with Gasteiger partial charge in [-0.3, -0.25) is 4.90 Å². The van der Waals surface area contributed by atoms with Gasteiger partial charge < -0.3 is 5.11 Å². The van der Waals surface area contributed by atoms with E-state index in [1.54, 1.807) is 0 Å². The van der Waals surface area contributed by atoms with E-state index in [2.05, 4.69) is 30.0 Å². The van der Waals surface area contributed by atoms with Gasteiger partial charge in [-0.25, -0.2) is 0 Å². The number of rotatable bonds is 7. The summed E-state index contributed by atoms with van der Waals surface area (Å²) in [5.74, 6) is 0. The Kier molecular flexibility index (Phi) is 6.31. The summed E-state index contributed by atoms with van der Waals surface area (Å²) in [4.78, 5) is 2.24. The van der Waals surface area contributed by atoms with Gasteiger partial charge >= 0.3 is 0 Å². The molecule has 0 radical (unpaired) electrons. The molecule has 0 saturated heterocycles. The first-order chi connectivity index (χ1) is 8.27. The van der Waals surface area contributed by atoms with Crippen molar-refractivity contribution in [3.63, 3.8) is 0 Å². The van der Waals surface area contributed by atoms with E-state index in [0.29, 0.717) is 12.5 Å². The lowest BCUT2D eigenvalue weighted by Gasteiger charge is -2.28. The summed E-state index contributed by atoms with van der Waals surface area (Å²) in [6.45, 7) is 3.88. The molecule has 0 spiro atoms. The second-order valence-corrected chi connectivity index (χ2v) is 4.23. The van der Waals surface area contributed by atoms with E-state index < -0.39 is 0 Å². The van der Waals surface area contributed by atoms with Crippen molar-refractivity contribution in [2.45, 2.75) is 32.4 Å². The van der Waals surface area contributed by atoms with Gasteiger partial charge in [0.1, 0.15) is 0 Å². The van der Waals surface area contributed by atoms with Crippen LogP contribution in [0.3, 0.4) is 0 Å². The molecule has 0 fully saturated rings. The van der Waals surface area contributed by atoms with Crippen molar-refractivity contribution in [2.75, 3.05) is 13.2 Å². The van der Waals surface area contributed by atoms with E-state index in [4.69, 9.17) is 10.4 Å². The zero-order valence-corrected chi connectivity index (χ0v) is 10.3. The van der Waals surface area contributed by atoms with Gasteiger partial charge in [-0.05, 0) is 18.9 Å². The molecule has 17 heavy (non-hydrogen) atoms. The molecule has 3 nitrogen and oxygen atoms in total. The molecule has 3 heteroatoms. The van der Waals surface area contributed by atoms with Crippen LogP contribution >= 0.6 is 0 Å². The smallest absolute Gasteiger partial charge is 0.0635 e. The highest BCUT2D eigenvalue weighted by Crippen LogP contribution is 2.11. The molecule has 1 N–H and O–H groups in total. The van der Waals surface area contributed by atoms with Crippen molar-refractivity contribution >= 4 is 0 Å². The van der Waals surface area contributed by atoms with Gasteiger partial charge in [0.2, 0.25) is 0 Å². The standard InChI is InChI=1S/C14H20N2O/c1-13(8-11-17)16(10-5-9-15)12-14-6-3-2-4-7-14/h2-4,6-7,13,17H,5,8,10-12H2,1H3. The molecule has 1 aromatic rings. The van der Waals surface area contributed by atoms with Crippen LogP contribution in [-0.4, -0.2) is 29.2 Å². The first-order valence-electron chi connectivity index (χ1n) is 6.03. The minimum absolute atomic E-state index is 0.193. The molecule has 1 unspecified atom stereocenters. The molecule has 0 aromatic heterocycles. The predicted molar refractivity (Wildman–Crippen MR) is 68.2 cm³/mol. The number of hydrogen-bond acceptors (Lipinski definition) is 3. The quantitative estimate of drug-likeness (QED) is 0.783. The van der Waals surface area contributed by atoms with Crippen LogP contribution in [0.25, 0.3) is 0 Å². The Hall–Kier alpha value is -1.37. The van der Waals surface area contributed by atoms with E-state index in [-0.39, 0.29) is 6.61 Å². The number of nitriles is 1. The predicted octanol–water partition coefficient (Wildman–Crippen LogP) is 2.17. The average molecular weight is 232 g/mol. The number of aliphatic hydroxyl groups excluding tert-OH is 1. The third kappa shape index (κ3) is 4.99. The Balaban J connectivity index is 2.60. The van der Waals surface area contributed by atoms with Gasteiger partial charge in [-0.15, -0.1) is 0 Å². The maximum Gasteiger partial charge on any atom is 0.0635 e. The minimum atomic E-state index is 0.193. The summed E-state index contributed by atoms with van der Waals surface area (Å²) >= 11 is 0. The maximum absolute atomic E-state index is 8.99. The van der Waals surface area contributed by atoms with Crippen molar-refractivity contribution < 1.29 is 5.11 Å². The molecule has 0 saturated carbocycles. The third-order valence-corrected chi connectivity index (χ3v) is 2.91. The second kappa shape index (κ2) is 7.83. The molecule has 1 rings (SSSR count). The van der Waals surface area contributed by atoms with Crippen LogP contribution in [0.4, 0.5) is 0 Å². The Morgan fingerprint density at radius 3 is 2.65 bits per heavy atom. The Bertz CT molecular complexity index is 345. The highest BCUT2D eigenvalue weighted by Gasteiger charge is 2.13. The van der Waals surface area contributed by atoms with Crippen LogP contribution < -0.4 is 0 Å². The van der Waals surface area contributed by atoms with Gasteiger partial charge in [-0.2, -0.15) is 5.26 Å². The molecule has 1 atom stereocenters. The van der Waals surface area contributed by atoms with Gasteiger partial charge in [0, 0.05) is 32.2 Å². The molecule has 1 aromatic carbocycles. The van der Waals surface area contributed by atoms with Crippen molar-refractivity contribution in [1.82, 2.24) is 4.90 Å². The molecule has 0 bridgehead atoms. The SMILES string of the molecule is CC(CCO)N(CCC#N)Cc1ccccc1. The summed E-state index contributed by atoms with van der Waals surface area (Å²) in [6.07, 6.45) is 1.28. The molecule has 0 aliphatic heterocycles. The Morgan fingerprint density at radius 1 is 1.35 bits per heavy atom. The fourth-order valence-electron chi connectivity index (χ4n) is 1.84. The van der Waals surface area contributed by atoms with Crippen molar-refractivity contribution in [3.05, 3.63) is 35.9 Å². The molecule has 0 heterocycles. The topological polar surface area (TPSA) is 47.3 Å². The van der Waals surface area contributed by atoms with Crippen LogP contribution in [-0.2, 0) is 6.54 Å². The van der Waals surface area contributed by atoms with Crippen LogP contribution in [0.5, 0.6) is 0 Å². The first-order valence-corrected chi connectivity index (χ1v) is 6.03. The fraction of sp³-hybridized carbons (Fsp3) is 0.500. The van der Waals surface area contributed by atoms with Crippen LogP contribution in [0, 0.1) is 11.3 Å². The van der Waals surface area contributed by atoms with Gasteiger partial charge in [0.25, 0.3) is 0 Å². The highest BCUT2D eigenvalue weighted by molar-refractivity contribution is 5.14. The monoisotopic (exact) mass is 232 g/mol. The normalized spacial score (nSPS) is 12.4. The summed E-state index contributed by atoms with van der Waals surface area (Å²) in [7, 11) is 0. The van der Waals surface area contributed by atoms with E-state index in [9.17, 15) is 0 Å². The van der Waals surface area contributed by atoms with Crippen molar-refractivity contribution in [1.29, 1.82) is 5.26 Å². The second-order valence-electron chi connectivity index (χ2n) is 4.23. The van der Waals surface area contributed by atoms with E-state index in [1.165, 1.54) is 5.56 Å². The zero-order chi connectivity index (χ0) is 12.5. The maximum atomic E-state index is 8.99. The van der Waals surface area contributed by atoms with Crippen LogP contribution in [0.2, 0.25) is 0 Å². The lowest BCUT2D eigenvalue weighted by Crippen LogP contribution is -2.34. The fourth-order valence-corrected chi connectivity index (χ4v) is 1.84. The van der Waals surface area contributed by atoms with Crippen LogP contribution in [0.1, 0.15) is 25.3 Å². The summed E-state index contributed by atoms with van der Waals surface area (Å²) in [5.41, 5.74) is 1.25. The molecule has 0 amide bonds. The summed E-state index contributed by atoms with van der Waals surface area (Å²) in [5, 5.41) is 17.7. The highest BCUT2D eigenvalue weighted by atomic mass is 16.3. The van der Waals surface area contributed by atoms with Crippen molar-refractivity contribution in [2.24, 2.45) is 0 Å². The number of aliphatic hydroxyl groups is 1. The number of benzene rings is 1. The molecule has 0 aliphatic rings. The lowest BCUT2D eigenvalue weighted by atomic mass is 10.1. The summed E-state index contributed by atoms with van der Waals surface area (Å²) in [6, 6.07) is 12.7.